The summed E-state index contributed by atoms with van der Waals surface area (Å²) in [7, 11) is 1.49. The third-order valence-corrected chi connectivity index (χ3v) is 5.98. The fourth-order valence-corrected chi connectivity index (χ4v) is 3.57. The van der Waals surface area contributed by atoms with E-state index in [1.165, 1.54) is 25.7 Å². The van der Waals surface area contributed by atoms with Crippen molar-refractivity contribution in [3.63, 3.8) is 0 Å². The van der Waals surface area contributed by atoms with Crippen molar-refractivity contribution in [2.45, 2.75) is 44.6 Å². The van der Waals surface area contributed by atoms with Crippen molar-refractivity contribution in [1.29, 1.82) is 0 Å². The highest BCUT2D eigenvalue weighted by Gasteiger charge is 2.35. The molecule has 0 amide bonds. The second kappa shape index (κ2) is 6.87. The number of likely N-dealkylation sites (N-methyl/N-ethyl adjacent to an activating group) is 1. The van der Waals surface area contributed by atoms with Gasteiger partial charge in [0.2, 0.25) is 0 Å². The maximum absolute atomic E-state index is 11.4. The van der Waals surface area contributed by atoms with Crippen LogP contribution in [-0.2, 0) is 9.84 Å². The van der Waals surface area contributed by atoms with Crippen LogP contribution in [0.2, 0.25) is 0 Å². The van der Waals surface area contributed by atoms with Crippen LogP contribution >= 0.6 is 0 Å². The monoisotopic (exact) mass is 276 g/mol. The van der Waals surface area contributed by atoms with Crippen molar-refractivity contribution in [2.75, 3.05) is 38.7 Å². The molecular formula is C13H28N2O2S. The quantitative estimate of drug-likeness (QED) is 0.678. The molecule has 0 heterocycles. The van der Waals surface area contributed by atoms with Gasteiger partial charge in [-0.2, -0.15) is 0 Å². The Morgan fingerprint density at radius 3 is 2.33 bits per heavy atom. The number of hydrogen-bond acceptors (Lipinski definition) is 4. The minimum absolute atomic E-state index is 0.259. The highest BCUT2D eigenvalue weighted by atomic mass is 32.2. The van der Waals surface area contributed by atoms with Crippen molar-refractivity contribution >= 4 is 9.84 Å². The predicted octanol–water partition coefficient (Wildman–Crippen LogP) is 1.28. The molecule has 0 unspecified atom stereocenters. The molecule has 0 bridgehead atoms. The summed E-state index contributed by atoms with van der Waals surface area (Å²) >= 11 is 0. The second-order valence-corrected chi connectivity index (χ2v) is 8.07. The van der Waals surface area contributed by atoms with Crippen LogP contribution in [0, 0.1) is 0 Å². The van der Waals surface area contributed by atoms with E-state index in [-0.39, 0.29) is 5.75 Å². The fourth-order valence-electron chi connectivity index (χ4n) is 2.70. The predicted molar refractivity (Wildman–Crippen MR) is 76.7 cm³/mol. The summed E-state index contributed by atoms with van der Waals surface area (Å²) in [6.45, 7) is 3.49. The molecule has 1 N–H and O–H groups in total. The van der Waals surface area contributed by atoms with Crippen LogP contribution in [0.15, 0.2) is 0 Å². The van der Waals surface area contributed by atoms with Gasteiger partial charge < -0.3 is 10.2 Å². The maximum atomic E-state index is 11.4. The van der Waals surface area contributed by atoms with Crippen molar-refractivity contribution in [1.82, 2.24) is 10.2 Å². The molecule has 1 fully saturated rings. The van der Waals surface area contributed by atoms with E-state index in [4.69, 9.17) is 0 Å². The highest BCUT2D eigenvalue weighted by molar-refractivity contribution is 7.91. The van der Waals surface area contributed by atoms with Crippen molar-refractivity contribution < 1.29 is 8.42 Å². The molecule has 1 rings (SSSR count). The van der Waals surface area contributed by atoms with Crippen LogP contribution < -0.4 is 5.32 Å². The molecule has 0 aliphatic heterocycles. The Morgan fingerprint density at radius 2 is 1.83 bits per heavy atom. The van der Waals surface area contributed by atoms with Crippen LogP contribution in [0.25, 0.3) is 0 Å². The topological polar surface area (TPSA) is 49.4 Å². The fraction of sp³-hybridized carbons (Fsp3) is 1.00. The Bertz CT molecular complexity index is 333. The Hall–Kier alpha value is -0.130. The molecule has 0 spiro atoms. The molecule has 1 aliphatic rings. The molecule has 5 heteroatoms. The van der Waals surface area contributed by atoms with Crippen LogP contribution in [0.4, 0.5) is 0 Å². The lowest BCUT2D eigenvalue weighted by atomic mass is 9.96. The molecule has 0 aromatic heterocycles. The molecular weight excluding hydrogens is 248 g/mol. The van der Waals surface area contributed by atoms with Gasteiger partial charge >= 0.3 is 0 Å². The molecule has 0 atom stereocenters. The van der Waals surface area contributed by atoms with Gasteiger partial charge in [0.1, 0.15) is 9.84 Å². The SMILES string of the molecule is CCS(=O)(=O)CCCNCC1(N(C)C)CCCC1. The first kappa shape index (κ1) is 15.9. The standard InChI is InChI=1S/C13H28N2O2S/c1-4-18(16,17)11-7-10-14-12-13(15(2)3)8-5-6-9-13/h14H,4-12H2,1-3H3. The Balaban J connectivity index is 2.24. The van der Waals surface area contributed by atoms with Crippen LogP contribution in [0.5, 0.6) is 0 Å². The first-order chi connectivity index (χ1) is 8.42. The molecule has 4 nitrogen and oxygen atoms in total. The number of rotatable bonds is 8. The number of hydrogen-bond donors (Lipinski definition) is 1. The summed E-state index contributed by atoms with van der Waals surface area (Å²) in [4.78, 5) is 2.33. The number of sulfone groups is 1. The largest absolute Gasteiger partial charge is 0.315 e. The third kappa shape index (κ3) is 4.52. The molecule has 108 valence electrons. The summed E-state index contributed by atoms with van der Waals surface area (Å²) < 4.78 is 22.7. The maximum Gasteiger partial charge on any atom is 0.150 e. The molecule has 18 heavy (non-hydrogen) atoms. The Morgan fingerprint density at radius 1 is 1.22 bits per heavy atom. The van der Waals surface area contributed by atoms with E-state index in [1.807, 2.05) is 0 Å². The van der Waals surface area contributed by atoms with Crippen molar-refractivity contribution in [3.8, 4) is 0 Å². The second-order valence-electron chi connectivity index (χ2n) is 5.59. The molecule has 0 radical (unpaired) electrons. The van der Waals surface area contributed by atoms with Gasteiger partial charge in [0.05, 0.1) is 5.75 Å². The van der Waals surface area contributed by atoms with E-state index in [9.17, 15) is 8.42 Å². The van der Waals surface area contributed by atoms with E-state index in [0.717, 1.165) is 19.5 Å². The van der Waals surface area contributed by atoms with Gasteiger partial charge in [0.25, 0.3) is 0 Å². The molecule has 0 aromatic carbocycles. The first-order valence-corrected chi connectivity index (χ1v) is 8.82. The van der Waals surface area contributed by atoms with E-state index in [2.05, 4.69) is 24.3 Å². The molecule has 0 aromatic rings. The van der Waals surface area contributed by atoms with Crippen LogP contribution in [-0.4, -0.2) is 57.5 Å². The average molecular weight is 276 g/mol. The lowest BCUT2D eigenvalue weighted by molar-refractivity contribution is 0.154. The summed E-state index contributed by atoms with van der Waals surface area (Å²) in [5.41, 5.74) is 0.295. The smallest absolute Gasteiger partial charge is 0.150 e. The summed E-state index contributed by atoms with van der Waals surface area (Å²) in [5, 5.41) is 3.44. The van der Waals surface area contributed by atoms with Gasteiger partial charge in [-0.05, 0) is 39.9 Å². The number of nitrogens with zero attached hydrogens (tertiary/aromatic N) is 1. The highest BCUT2D eigenvalue weighted by Crippen LogP contribution is 2.32. The average Bonchev–Trinajstić information content (AvgIpc) is 2.78. The molecule has 0 saturated heterocycles. The zero-order chi connectivity index (χ0) is 13.6. The lowest BCUT2D eigenvalue weighted by Gasteiger charge is -2.36. The molecule has 1 aliphatic carbocycles. The van der Waals surface area contributed by atoms with Gasteiger partial charge in [-0.3, -0.25) is 0 Å². The number of nitrogens with one attached hydrogen (secondary N) is 1. The van der Waals surface area contributed by atoms with Crippen LogP contribution in [0.3, 0.4) is 0 Å². The van der Waals surface area contributed by atoms with Gasteiger partial charge in [-0.1, -0.05) is 19.8 Å². The molecule has 1 saturated carbocycles. The third-order valence-electron chi connectivity index (χ3n) is 4.19. The van der Waals surface area contributed by atoms with Crippen molar-refractivity contribution in [2.24, 2.45) is 0 Å². The van der Waals surface area contributed by atoms with E-state index in [1.54, 1.807) is 6.92 Å². The minimum Gasteiger partial charge on any atom is -0.315 e. The van der Waals surface area contributed by atoms with Gasteiger partial charge in [0.15, 0.2) is 0 Å². The minimum atomic E-state index is -2.80. The van der Waals surface area contributed by atoms with Crippen LogP contribution in [0.1, 0.15) is 39.0 Å². The Labute approximate surface area is 112 Å². The summed E-state index contributed by atoms with van der Waals surface area (Å²) in [6.07, 6.45) is 5.84. The normalized spacial score (nSPS) is 19.6. The van der Waals surface area contributed by atoms with E-state index in [0.29, 0.717) is 11.3 Å². The van der Waals surface area contributed by atoms with Gasteiger partial charge in [0, 0.05) is 17.8 Å². The van der Waals surface area contributed by atoms with E-state index >= 15 is 0 Å². The Kier molecular flexibility index (Phi) is 6.08. The zero-order valence-electron chi connectivity index (χ0n) is 12.0. The van der Waals surface area contributed by atoms with Crippen molar-refractivity contribution in [3.05, 3.63) is 0 Å². The van der Waals surface area contributed by atoms with Gasteiger partial charge in [-0.25, -0.2) is 8.42 Å². The zero-order valence-corrected chi connectivity index (χ0v) is 12.9. The van der Waals surface area contributed by atoms with E-state index < -0.39 is 9.84 Å². The van der Waals surface area contributed by atoms with Gasteiger partial charge in [-0.15, -0.1) is 0 Å². The summed E-state index contributed by atoms with van der Waals surface area (Å²) in [6, 6.07) is 0. The lowest BCUT2D eigenvalue weighted by Crippen LogP contribution is -2.49. The first-order valence-electron chi connectivity index (χ1n) is 7.00. The summed E-state index contributed by atoms with van der Waals surface area (Å²) in [5.74, 6) is 0.570.